The smallest absolute Gasteiger partial charge is 0.284 e. The summed E-state index contributed by atoms with van der Waals surface area (Å²) in [4.78, 5) is 21.3. The molecule has 0 spiro atoms. The van der Waals surface area contributed by atoms with Crippen LogP contribution in [0.25, 0.3) is 11.5 Å². The monoisotopic (exact) mass is 470 g/mol. The molecule has 2 aliphatic rings. The van der Waals surface area contributed by atoms with E-state index in [9.17, 15) is 13.6 Å². The Bertz CT molecular complexity index is 1150. The predicted molar refractivity (Wildman–Crippen MR) is 123 cm³/mol. The summed E-state index contributed by atoms with van der Waals surface area (Å²) in [6, 6.07) is 3.60. The highest BCUT2D eigenvalue weighted by Gasteiger charge is 2.26. The molecular formula is C24H28F2N6O2. The molecule has 0 atom stereocenters. The van der Waals surface area contributed by atoms with Crippen molar-refractivity contribution in [3.8, 4) is 11.5 Å². The quantitative estimate of drug-likeness (QED) is 0.439. The topological polar surface area (TPSA) is 97.9 Å². The zero-order chi connectivity index (χ0) is 23.7. The van der Waals surface area contributed by atoms with Crippen molar-refractivity contribution < 1.29 is 18.0 Å². The molecule has 0 radical (unpaired) electrons. The molecule has 10 heteroatoms. The zero-order valence-electron chi connectivity index (χ0n) is 19.0. The number of nitrogens with zero attached hydrogens (tertiary/aromatic N) is 4. The molecule has 3 aromatic heterocycles. The molecule has 2 N–H and O–H groups in total. The third-order valence-corrected chi connectivity index (χ3v) is 6.59. The van der Waals surface area contributed by atoms with Crippen LogP contribution in [0.2, 0.25) is 0 Å². The van der Waals surface area contributed by atoms with E-state index in [1.807, 2.05) is 0 Å². The molecule has 2 saturated carbocycles. The second-order valence-electron chi connectivity index (χ2n) is 9.37. The first-order chi connectivity index (χ1) is 16.5. The van der Waals surface area contributed by atoms with Gasteiger partial charge >= 0.3 is 0 Å². The SMILES string of the molecule is C[C@H]1CC[C@H](n2cc(NC(=O)c3coc(-c4ccnc(NCC5CC5)c4)n3)c(C(F)F)n2)CC1. The summed E-state index contributed by atoms with van der Waals surface area (Å²) < 4.78 is 34.3. The number of hydrogen-bond acceptors (Lipinski definition) is 6. The minimum atomic E-state index is -2.80. The maximum absolute atomic E-state index is 13.6. The van der Waals surface area contributed by atoms with Gasteiger partial charge < -0.3 is 15.1 Å². The number of nitrogens with one attached hydrogen (secondary N) is 2. The molecule has 2 fully saturated rings. The van der Waals surface area contributed by atoms with E-state index in [0.29, 0.717) is 23.2 Å². The van der Waals surface area contributed by atoms with E-state index < -0.39 is 18.0 Å². The Hall–Kier alpha value is -3.30. The maximum Gasteiger partial charge on any atom is 0.284 e. The Morgan fingerprint density at radius 1 is 1.24 bits per heavy atom. The summed E-state index contributed by atoms with van der Waals surface area (Å²) in [6.07, 6.45) is 7.86. The van der Waals surface area contributed by atoms with Crippen molar-refractivity contribution >= 4 is 17.4 Å². The van der Waals surface area contributed by atoms with E-state index in [1.165, 1.54) is 25.3 Å². The van der Waals surface area contributed by atoms with Crippen LogP contribution in [0.5, 0.6) is 0 Å². The lowest BCUT2D eigenvalue weighted by molar-refractivity contribution is 0.102. The molecule has 3 heterocycles. The molecular weight excluding hydrogens is 442 g/mol. The molecule has 0 saturated heterocycles. The van der Waals surface area contributed by atoms with Crippen molar-refractivity contribution in [1.82, 2.24) is 19.7 Å². The number of anilines is 2. The standard InChI is InChI=1S/C24H28F2N6O2/c1-14-2-6-17(7-3-14)32-12-18(21(31-32)22(25)26)29-23(33)19-13-34-24(30-19)16-8-9-27-20(10-16)28-11-15-4-5-15/h8-10,12-15,17,22H,2-7,11H2,1H3,(H,27,28)(H,29,33)/t14-,17-. The van der Waals surface area contributed by atoms with Gasteiger partial charge in [-0.25, -0.2) is 18.7 Å². The van der Waals surface area contributed by atoms with Crippen LogP contribution in [0, 0.1) is 11.8 Å². The fourth-order valence-corrected chi connectivity index (χ4v) is 4.29. The highest BCUT2D eigenvalue weighted by molar-refractivity contribution is 6.03. The van der Waals surface area contributed by atoms with Gasteiger partial charge in [0, 0.05) is 24.5 Å². The van der Waals surface area contributed by atoms with Gasteiger partial charge in [-0.05, 0) is 62.5 Å². The second-order valence-corrected chi connectivity index (χ2v) is 9.37. The predicted octanol–water partition coefficient (Wildman–Crippen LogP) is 5.70. The number of hydrogen-bond donors (Lipinski definition) is 2. The number of halogens is 2. The van der Waals surface area contributed by atoms with Gasteiger partial charge in [-0.3, -0.25) is 9.48 Å². The molecule has 0 unspecified atom stereocenters. The summed E-state index contributed by atoms with van der Waals surface area (Å²) in [5, 5.41) is 9.93. The maximum atomic E-state index is 13.6. The van der Waals surface area contributed by atoms with Crippen molar-refractivity contribution in [3.05, 3.63) is 42.2 Å². The van der Waals surface area contributed by atoms with Crippen LogP contribution < -0.4 is 10.6 Å². The van der Waals surface area contributed by atoms with E-state index >= 15 is 0 Å². The Morgan fingerprint density at radius 3 is 2.76 bits per heavy atom. The highest BCUT2D eigenvalue weighted by atomic mass is 19.3. The largest absolute Gasteiger partial charge is 0.444 e. The first kappa shape index (κ1) is 22.5. The molecule has 1 amide bonds. The van der Waals surface area contributed by atoms with Crippen molar-refractivity contribution in [3.63, 3.8) is 0 Å². The summed E-state index contributed by atoms with van der Waals surface area (Å²) in [6.45, 7) is 3.06. The summed E-state index contributed by atoms with van der Waals surface area (Å²) >= 11 is 0. The Balaban J connectivity index is 1.29. The average Bonchev–Trinajstić information content (AvgIpc) is 3.35. The summed E-state index contributed by atoms with van der Waals surface area (Å²) in [5.74, 6) is 1.66. The Kier molecular flexibility index (Phi) is 6.30. The number of oxazole rings is 1. The molecule has 2 aliphatic carbocycles. The lowest BCUT2D eigenvalue weighted by Gasteiger charge is -2.26. The lowest BCUT2D eigenvalue weighted by Crippen LogP contribution is -2.17. The molecule has 3 aromatic rings. The van der Waals surface area contributed by atoms with Gasteiger partial charge in [-0.2, -0.15) is 5.10 Å². The van der Waals surface area contributed by atoms with Gasteiger partial charge in [0.1, 0.15) is 12.1 Å². The van der Waals surface area contributed by atoms with Crippen LogP contribution in [0.1, 0.15) is 74.1 Å². The van der Waals surface area contributed by atoms with E-state index in [-0.39, 0.29) is 23.3 Å². The van der Waals surface area contributed by atoms with Crippen molar-refractivity contribution in [2.45, 2.75) is 57.9 Å². The zero-order valence-corrected chi connectivity index (χ0v) is 19.0. The molecule has 180 valence electrons. The van der Waals surface area contributed by atoms with Crippen molar-refractivity contribution in [2.24, 2.45) is 11.8 Å². The molecule has 5 rings (SSSR count). The number of alkyl halides is 2. The van der Waals surface area contributed by atoms with Crippen LogP contribution in [0.4, 0.5) is 20.3 Å². The average molecular weight is 471 g/mol. The number of amides is 1. The van der Waals surface area contributed by atoms with Gasteiger partial charge in [0.2, 0.25) is 5.89 Å². The van der Waals surface area contributed by atoms with Crippen LogP contribution in [-0.2, 0) is 0 Å². The summed E-state index contributed by atoms with van der Waals surface area (Å²) in [5.41, 5.74) is 0.230. The van der Waals surface area contributed by atoms with Crippen molar-refractivity contribution in [1.29, 1.82) is 0 Å². The molecule has 8 nitrogen and oxygen atoms in total. The van der Waals surface area contributed by atoms with Gasteiger partial charge in [-0.1, -0.05) is 6.92 Å². The molecule has 0 bridgehead atoms. The van der Waals surface area contributed by atoms with Gasteiger partial charge in [0.05, 0.1) is 11.7 Å². The Morgan fingerprint density at radius 2 is 2.03 bits per heavy atom. The fraction of sp³-hybridized carbons (Fsp3) is 0.500. The first-order valence-electron chi connectivity index (χ1n) is 11.8. The summed E-state index contributed by atoms with van der Waals surface area (Å²) in [7, 11) is 0. The number of rotatable bonds is 8. The Labute approximate surface area is 196 Å². The van der Waals surface area contributed by atoms with E-state index in [2.05, 4.69) is 32.6 Å². The number of carbonyl (C=O) groups is 1. The third-order valence-electron chi connectivity index (χ3n) is 6.59. The molecule has 34 heavy (non-hydrogen) atoms. The van der Waals surface area contributed by atoms with Gasteiger partial charge in [-0.15, -0.1) is 0 Å². The second kappa shape index (κ2) is 9.52. The van der Waals surface area contributed by atoms with Gasteiger partial charge in [0.25, 0.3) is 12.3 Å². The number of pyridine rings is 1. The third kappa shape index (κ3) is 5.10. The van der Waals surface area contributed by atoms with E-state index in [1.54, 1.807) is 23.0 Å². The highest BCUT2D eigenvalue weighted by Crippen LogP contribution is 2.34. The van der Waals surface area contributed by atoms with Crippen LogP contribution in [0.15, 0.2) is 35.2 Å². The van der Waals surface area contributed by atoms with Crippen molar-refractivity contribution in [2.75, 3.05) is 17.2 Å². The fourth-order valence-electron chi connectivity index (χ4n) is 4.29. The van der Waals surface area contributed by atoms with Gasteiger partial charge in [0.15, 0.2) is 11.4 Å². The molecule has 0 aliphatic heterocycles. The van der Waals surface area contributed by atoms with E-state index in [0.717, 1.165) is 32.2 Å². The normalized spacial score (nSPS) is 20.5. The number of carbonyl (C=O) groups excluding carboxylic acids is 1. The lowest BCUT2D eigenvalue weighted by atomic mass is 9.87. The van der Waals surface area contributed by atoms with Crippen LogP contribution in [0.3, 0.4) is 0 Å². The van der Waals surface area contributed by atoms with Crippen LogP contribution in [-0.4, -0.2) is 32.2 Å². The first-order valence-corrected chi connectivity index (χ1v) is 11.8. The minimum Gasteiger partial charge on any atom is -0.444 e. The van der Waals surface area contributed by atoms with E-state index in [4.69, 9.17) is 4.42 Å². The minimum absolute atomic E-state index is 0.00115. The molecule has 0 aromatic carbocycles. The van der Waals surface area contributed by atoms with Crippen LogP contribution >= 0.6 is 0 Å². The number of aromatic nitrogens is 4.